The molecule has 0 aliphatic heterocycles. The maximum absolute atomic E-state index is 11.3. The van der Waals surface area contributed by atoms with Gasteiger partial charge in [0.05, 0.1) is 18.0 Å². The molecule has 0 radical (unpaired) electrons. The molecule has 1 rings (SSSR count). The van der Waals surface area contributed by atoms with Gasteiger partial charge in [0.1, 0.15) is 0 Å². The van der Waals surface area contributed by atoms with E-state index in [-0.39, 0.29) is 31.0 Å². The van der Waals surface area contributed by atoms with Gasteiger partial charge in [-0.3, -0.25) is 14.9 Å². The normalized spacial score (nSPS) is 11.3. The summed E-state index contributed by atoms with van der Waals surface area (Å²) in [5.41, 5.74) is 5.41. The van der Waals surface area contributed by atoms with E-state index in [1.807, 2.05) is 0 Å². The lowest BCUT2D eigenvalue weighted by atomic mass is 10.0. The highest BCUT2D eigenvalue weighted by molar-refractivity contribution is 9.10. The molecule has 0 amide bonds. The Kier molecular flexibility index (Phi) is 7.48. The third kappa shape index (κ3) is 4.62. The molecule has 9 heteroatoms. The van der Waals surface area contributed by atoms with Crippen molar-refractivity contribution in [1.29, 1.82) is 0 Å². The van der Waals surface area contributed by atoms with Crippen molar-refractivity contribution < 1.29 is 19.6 Å². The highest BCUT2D eigenvalue weighted by atomic mass is 79.9. The predicted molar refractivity (Wildman–Crippen MR) is 77.9 cm³/mol. The van der Waals surface area contributed by atoms with Crippen molar-refractivity contribution in [3.8, 4) is 5.75 Å². The van der Waals surface area contributed by atoms with Gasteiger partial charge in [0.2, 0.25) is 0 Å². The largest absolute Gasteiger partial charge is 0.502 e. The summed E-state index contributed by atoms with van der Waals surface area (Å²) in [5.74, 6) is -1.07. The summed E-state index contributed by atoms with van der Waals surface area (Å²) in [6.45, 7) is 1.88. The molecule has 0 aliphatic rings. The van der Waals surface area contributed by atoms with Gasteiger partial charge in [0.15, 0.2) is 5.75 Å². The standard InChI is InChI=1S/C11H13BrN2O5.ClH/c1-2-19-10(15)5-8(13)7-3-6(12)4-9(11(7)16)14(17)18;/h3-4,8,16H,2,5,13H2,1H3;1H/t8-;/m0./s1. The minimum atomic E-state index is -0.879. The molecule has 0 saturated heterocycles. The summed E-state index contributed by atoms with van der Waals surface area (Å²) in [7, 11) is 0. The maximum atomic E-state index is 11.3. The van der Waals surface area contributed by atoms with E-state index in [1.54, 1.807) is 6.92 Å². The van der Waals surface area contributed by atoms with Crippen LogP contribution in [0.5, 0.6) is 5.75 Å². The van der Waals surface area contributed by atoms with E-state index < -0.39 is 28.4 Å². The number of phenolic OH excluding ortho intramolecular Hbond substituents is 1. The summed E-state index contributed by atoms with van der Waals surface area (Å²) < 4.78 is 5.13. The summed E-state index contributed by atoms with van der Waals surface area (Å²) in [5, 5.41) is 20.6. The van der Waals surface area contributed by atoms with Crippen molar-refractivity contribution in [2.24, 2.45) is 5.73 Å². The van der Waals surface area contributed by atoms with Gasteiger partial charge < -0.3 is 15.6 Å². The number of nitro groups is 1. The van der Waals surface area contributed by atoms with E-state index in [0.717, 1.165) is 6.07 Å². The SMILES string of the molecule is CCOC(=O)C[C@H](N)c1cc(Br)cc([N+](=O)[O-])c1O.Cl. The number of phenols is 1. The molecule has 112 valence electrons. The first-order valence-electron chi connectivity index (χ1n) is 5.44. The minimum Gasteiger partial charge on any atom is -0.502 e. The Bertz CT molecular complexity index is 512. The van der Waals surface area contributed by atoms with Crippen LogP contribution < -0.4 is 5.73 Å². The van der Waals surface area contributed by atoms with Crippen molar-refractivity contribution in [2.75, 3.05) is 6.61 Å². The average Bonchev–Trinajstić information content (AvgIpc) is 2.31. The van der Waals surface area contributed by atoms with Gasteiger partial charge in [-0.15, -0.1) is 12.4 Å². The number of hydrogen-bond acceptors (Lipinski definition) is 6. The summed E-state index contributed by atoms with van der Waals surface area (Å²) in [6, 6.07) is 1.72. The Morgan fingerprint density at radius 1 is 1.60 bits per heavy atom. The molecule has 0 fully saturated rings. The van der Waals surface area contributed by atoms with Gasteiger partial charge in [0.25, 0.3) is 0 Å². The Balaban J connectivity index is 0.00000361. The molecule has 20 heavy (non-hydrogen) atoms. The summed E-state index contributed by atoms with van der Waals surface area (Å²) >= 11 is 3.09. The number of ether oxygens (including phenoxy) is 1. The van der Waals surface area contributed by atoms with E-state index in [0.29, 0.717) is 4.47 Å². The van der Waals surface area contributed by atoms with E-state index in [1.165, 1.54) is 6.07 Å². The van der Waals surface area contributed by atoms with Crippen molar-refractivity contribution in [1.82, 2.24) is 0 Å². The second-order valence-electron chi connectivity index (χ2n) is 3.74. The molecule has 1 atom stereocenters. The molecule has 3 N–H and O–H groups in total. The highest BCUT2D eigenvalue weighted by Crippen LogP contribution is 2.36. The van der Waals surface area contributed by atoms with Crippen LogP contribution in [0, 0.1) is 10.1 Å². The van der Waals surface area contributed by atoms with Crippen LogP contribution in [-0.4, -0.2) is 22.6 Å². The van der Waals surface area contributed by atoms with Crippen LogP contribution in [0.15, 0.2) is 16.6 Å². The number of esters is 1. The molecule has 0 saturated carbocycles. The molecule has 1 aromatic carbocycles. The lowest BCUT2D eigenvalue weighted by Gasteiger charge is -2.13. The molecule has 1 aromatic rings. The molecule has 0 aliphatic carbocycles. The number of benzene rings is 1. The van der Waals surface area contributed by atoms with Crippen LogP contribution in [-0.2, 0) is 9.53 Å². The smallest absolute Gasteiger partial charge is 0.312 e. The third-order valence-electron chi connectivity index (χ3n) is 2.37. The van der Waals surface area contributed by atoms with Gasteiger partial charge in [-0.2, -0.15) is 0 Å². The highest BCUT2D eigenvalue weighted by Gasteiger charge is 2.23. The molecule has 0 aromatic heterocycles. The van der Waals surface area contributed by atoms with Crippen molar-refractivity contribution >= 4 is 40.0 Å². The zero-order chi connectivity index (χ0) is 14.6. The zero-order valence-corrected chi connectivity index (χ0v) is 12.9. The van der Waals surface area contributed by atoms with Gasteiger partial charge in [-0.1, -0.05) is 15.9 Å². The van der Waals surface area contributed by atoms with E-state index in [9.17, 15) is 20.0 Å². The minimum absolute atomic E-state index is 0. The Morgan fingerprint density at radius 2 is 2.20 bits per heavy atom. The van der Waals surface area contributed by atoms with E-state index in [2.05, 4.69) is 15.9 Å². The second-order valence-corrected chi connectivity index (χ2v) is 4.65. The fourth-order valence-corrected chi connectivity index (χ4v) is 2.00. The zero-order valence-electron chi connectivity index (χ0n) is 10.5. The van der Waals surface area contributed by atoms with Crippen molar-refractivity contribution in [3.63, 3.8) is 0 Å². The fourth-order valence-electron chi connectivity index (χ4n) is 1.54. The first-order chi connectivity index (χ1) is 8.86. The number of nitrogens with zero attached hydrogens (tertiary/aromatic N) is 1. The number of carbonyl (C=O) groups excluding carboxylic acids is 1. The maximum Gasteiger partial charge on any atom is 0.312 e. The van der Waals surface area contributed by atoms with Crippen LogP contribution in [0.3, 0.4) is 0 Å². The third-order valence-corrected chi connectivity index (χ3v) is 2.83. The Hall–Kier alpha value is -1.38. The van der Waals surface area contributed by atoms with Crippen LogP contribution in [0.25, 0.3) is 0 Å². The summed E-state index contributed by atoms with van der Waals surface area (Å²) in [4.78, 5) is 21.4. The van der Waals surface area contributed by atoms with Crippen LogP contribution in [0.4, 0.5) is 5.69 Å². The van der Waals surface area contributed by atoms with Crippen molar-refractivity contribution in [2.45, 2.75) is 19.4 Å². The van der Waals surface area contributed by atoms with E-state index >= 15 is 0 Å². The lowest BCUT2D eigenvalue weighted by Crippen LogP contribution is -2.17. The predicted octanol–water partition coefficient (Wildman–Crippen LogP) is 2.44. The quantitative estimate of drug-likeness (QED) is 0.468. The Morgan fingerprint density at radius 3 is 2.70 bits per heavy atom. The molecule has 7 nitrogen and oxygen atoms in total. The molecule has 0 heterocycles. The number of hydrogen-bond donors (Lipinski definition) is 2. The van der Waals surface area contributed by atoms with Crippen LogP contribution in [0.1, 0.15) is 24.9 Å². The molecule has 0 unspecified atom stereocenters. The van der Waals surface area contributed by atoms with Gasteiger partial charge in [-0.25, -0.2) is 0 Å². The average molecular weight is 370 g/mol. The number of nitrogens with two attached hydrogens (primary N) is 1. The van der Waals surface area contributed by atoms with Gasteiger partial charge in [0, 0.05) is 22.1 Å². The molecule has 0 spiro atoms. The van der Waals surface area contributed by atoms with E-state index in [4.69, 9.17) is 10.5 Å². The van der Waals surface area contributed by atoms with Gasteiger partial charge >= 0.3 is 11.7 Å². The number of carbonyl (C=O) groups is 1. The molecular formula is C11H14BrClN2O5. The van der Waals surface area contributed by atoms with Crippen molar-refractivity contribution in [3.05, 3.63) is 32.3 Å². The molecular weight excluding hydrogens is 355 g/mol. The Labute approximate surface area is 129 Å². The number of rotatable bonds is 5. The first kappa shape index (κ1) is 18.6. The molecule has 0 bridgehead atoms. The lowest BCUT2D eigenvalue weighted by molar-refractivity contribution is -0.386. The monoisotopic (exact) mass is 368 g/mol. The second kappa shape index (κ2) is 8.03. The first-order valence-corrected chi connectivity index (χ1v) is 6.24. The number of nitro benzene ring substituents is 1. The number of halogens is 2. The van der Waals surface area contributed by atoms with Crippen LogP contribution in [0.2, 0.25) is 0 Å². The number of aromatic hydroxyl groups is 1. The van der Waals surface area contributed by atoms with Crippen LogP contribution >= 0.6 is 28.3 Å². The fraction of sp³-hybridized carbons (Fsp3) is 0.364. The van der Waals surface area contributed by atoms with Gasteiger partial charge in [-0.05, 0) is 13.0 Å². The topological polar surface area (TPSA) is 116 Å². The summed E-state index contributed by atoms with van der Waals surface area (Å²) in [6.07, 6.45) is -0.172.